The topological polar surface area (TPSA) is 103 Å². The molecule has 1 aliphatic heterocycles. The van der Waals surface area contributed by atoms with E-state index in [0.717, 1.165) is 6.26 Å². The summed E-state index contributed by atoms with van der Waals surface area (Å²) in [5.74, 6) is 5.64. The summed E-state index contributed by atoms with van der Waals surface area (Å²) < 4.78 is 31.1. The zero-order chi connectivity index (χ0) is 23.3. The Hall–Kier alpha value is -2.19. The molecule has 0 saturated heterocycles. The van der Waals surface area contributed by atoms with E-state index < -0.39 is 22.2 Å². The lowest BCUT2D eigenvalue weighted by Gasteiger charge is -2.37. The monoisotopic (exact) mass is 452 g/mol. The van der Waals surface area contributed by atoms with Gasteiger partial charge in [0.1, 0.15) is 11.7 Å². The Kier molecular flexibility index (Phi) is 8.42. The van der Waals surface area contributed by atoms with E-state index in [2.05, 4.69) is 16.8 Å². The van der Waals surface area contributed by atoms with E-state index in [0.29, 0.717) is 18.7 Å². The summed E-state index contributed by atoms with van der Waals surface area (Å²) >= 11 is 0. The number of fused-ring (bicyclic) bond motifs is 1. The minimum atomic E-state index is -3.40. The van der Waals surface area contributed by atoms with Gasteiger partial charge in [-0.05, 0) is 27.1 Å². The largest absolute Gasteiger partial charge is 0.472 e. The fourth-order valence-corrected chi connectivity index (χ4v) is 3.49. The molecule has 0 unspecified atom stereocenters. The molecule has 10 heteroatoms. The molecular formula is C21H32N4O5S. The van der Waals surface area contributed by atoms with E-state index in [-0.39, 0.29) is 36.4 Å². The van der Waals surface area contributed by atoms with Crippen molar-refractivity contribution in [1.29, 1.82) is 0 Å². The number of hydrogen-bond donors (Lipinski definition) is 1. The normalized spacial score (nSPS) is 20.4. The predicted octanol–water partition coefficient (Wildman–Crippen LogP) is 0.106. The average Bonchev–Trinajstić information content (AvgIpc) is 2.69. The first-order valence-electron chi connectivity index (χ1n) is 10.1. The molecule has 1 aliphatic rings. The molecule has 1 aromatic rings. The Morgan fingerprint density at radius 1 is 1.39 bits per heavy atom. The van der Waals surface area contributed by atoms with Crippen molar-refractivity contribution in [3.63, 3.8) is 0 Å². The molecule has 31 heavy (non-hydrogen) atoms. The maximum absolute atomic E-state index is 13.3. The number of aliphatic hydroxyl groups is 1. The second kappa shape index (κ2) is 10.4. The summed E-state index contributed by atoms with van der Waals surface area (Å²) in [5.41, 5.74) is 0.823. The van der Waals surface area contributed by atoms with Gasteiger partial charge in [0.05, 0.1) is 32.0 Å². The van der Waals surface area contributed by atoms with Crippen LogP contribution < -0.4 is 4.74 Å². The van der Waals surface area contributed by atoms with Crippen LogP contribution in [0.5, 0.6) is 5.88 Å². The first-order valence-corrected chi connectivity index (χ1v) is 11.9. The summed E-state index contributed by atoms with van der Waals surface area (Å²) in [6.07, 6.45) is 2.14. The van der Waals surface area contributed by atoms with Crippen molar-refractivity contribution in [2.24, 2.45) is 5.92 Å². The molecule has 0 bridgehead atoms. The van der Waals surface area contributed by atoms with Crippen LogP contribution in [0.2, 0.25) is 0 Å². The number of sulfonamides is 1. The summed E-state index contributed by atoms with van der Waals surface area (Å²) in [7, 11) is 1.91. The van der Waals surface area contributed by atoms with Gasteiger partial charge in [-0.2, -0.15) is 0 Å². The third kappa shape index (κ3) is 6.64. The first kappa shape index (κ1) is 25.1. The Morgan fingerprint density at radius 2 is 2.06 bits per heavy atom. The van der Waals surface area contributed by atoms with Gasteiger partial charge < -0.3 is 14.7 Å². The fraction of sp³-hybridized carbons (Fsp3) is 0.619. The zero-order valence-electron chi connectivity index (χ0n) is 19.0. The van der Waals surface area contributed by atoms with Crippen LogP contribution in [-0.4, -0.2) is 104 Å². The Balaban J connectivity index is 2.48. The molecule has 1 amide bonds. The van der Waals surface area contributed by atoms with Gasteiger partial charge in [-0.3, -0.25) is 9.69 Å². The van der Waals surface area contributed by atoms with Crippen molar-refractivity contribution in [2.45, 2.75) is 26.0 Å². The van der Waals surface area contributed by atoms with Gasteiger partial charge in [0.15, 0.2) is 0 Å². The SMILES string of the molecule is C[C@@H]1CN([C@@H](C)CO)C(=O)c2cc(C#CCN(C)C)cnc2O[C@H]1CN(C)S(C)(=O)=O. The number of amides is 1. The number of aromatic nitrogens is 1. The lowest BCUT2D eigenvalue weighted by atomic mass is 10.0. The van der Waals surface area contributed by atoms with Crippen molar-refractivity contribution in [3.8, 4) is 17.7 Å². The number of rotatable bonds is 6. The lowest BCUT2D eigenvalue weighted by Crippen LogP contribution is -2.50. The van der Waals surface area contributed by atoms with Gasteiger partial charge in [-0.1, -0.05) is 18.8 Å². The molecule has 0 fully saturated rings. The molecule has 1 aromatic heterocycles. The molecule has 0 saturated carbocycles. The molecule has 0 aliphatic carbocycles. The van der Waals surface area contributed by atoms with Gasteiger partial charge in [0, 0.05) is 31.3 Å². The van der Waals surface area contributed by atoms with E-state index in [4.69, 9.17) is 4.74 Å². The number of carbonyl (C=O) groups excluding carboxylic acids is 1. The van der Waals surface area contributed by atoms with Crippen molar-refractivity contribution in [3.05, 3.63) is 23.4 Å². The average molecular weight is 453 g/mol. The smallest absolute Gasteiger partial charge is 0.259 e. The third-order valence-corrected chi connectivity index (χ3v) is 6.43. The molecule has 0 spiro atoms. The van der Waals surface area contributed by atoms with Crippen molar-refractivity contribution in [2.75, 3.05) is 53.6 Å². The number of aliphatic hydroxyl groups excluding tert-OH is 1. The number of hydrogen-bond acceptors (Lipinski definition) is 7. The van der Waals surface area contributed by atoms with E-state index in [9.17, 15) is 18.3 Å². The van der Waals surface area contributed by atoms with E-state index in [1.165, 1.54) is 17.5 Å². The van der Waals surface area contributed by atoms with E-state index >= 15 is 0 Å². The predicted molar refractivity (Wildman–Crippen MR) is 118 cm³/mol. The van der Waals surface area contributed by atoms with Crippen molar-refractivity contribution in [1.82, 2.24) is 19.1 Å². The third-order valence-electron chi connectivity index (χ3n) is 5.15. The standard InChI is InChI=1S/C21H32N4O5S/c1-15-12-25(16(2)14-26)21(27)18-10-17(8-7-9-23(3)4)11-22-20(18)30-19(15)13-24(5)31(6,28)29/h10-11,15-16,19,26H,9,12-14H2,1-6H3/t15-,16+,19+/m1/s1. The van der Waals surface area contributed by atoms with E-state index in [1.54, 1.807) is 17.9 Å². The summed E-state index contributed by atoms with van der Waals surface area (Å²) in [6.45, 7) is 4.43. The second-order valence-corrected chi connectivity index (χ2v) is 10.4. The highest BCUT2D eigenvalue weighted by Crippen LogP contribution is 2.27. The number of nitrogens with zero attached hydrogens (tertiary/aromatic N) is 4. The van der Waals surface area contributed by atoms with Crippen molar-refractivity contribution < 1.29 is 23.1 Å². The van der Waals surface area contributed by atoms with Gasteiger partial charge in [0.2, 0.25) is 15.9 Å². The number of likely N-dealkylation sites (N-methyl/N-ethyl adjacent to an activating group) is 1. The minimum Gasteiger partial charge on any atom is -0.472 e. The quantitative estimate of drug-likeness (QED) is 0.611. The highest BCUT2D eigenvalue weighted by atomic mass is 32.2. The van der Waals surface area contributed by atoms with Crippen LogP contribution in [0.3, 0.4) is 0 Å². The molecular weight excluding hydrogens is 420 g/mol. The summed E-state index contributed by atoms with van der Waals surface area (Å²) in [4.78, 5) is 21.1. The number of carbonyl (C=O) groups is 1. The molecule has 172 valence electrons. The molecule has 2 heterocycles. The molecule has 9 nitrogen and oxygen atoms in total. The van der Waals surface area contributed by atoms with Crippen molar-refractivity contribution >= 4 is 15.9 Å². The Bertz CT molecular complexity index is 954. The van der Waals surface area contributed by atoms with Gasteiger partial charge in [-0.15, -0.1) is 0 Å². The molecule has 0 aromatic carbocycles. The zero-order valence-corrected chi connectivity index (χ0v) is 19.8. The van der Waals surface area contributed by atoms with Crippen LogP contribution >= 0.6 is 0 Å². The molecule has 2 rings (SSSR count). The van der Waals surface area contributed by atoms with Crippen LogP contribution in [0.25, 0.3) is 0 Å². The Labute approximate surface area is 185 Å². The number of ether oxygens (including phenoxy) is 1. The molecule has 1 N–H and O–H groups in total. The van der Waals surface area contributed by atoms with Gasteiger partial charge >= 0.3 is 0 Å². The Morgan fingerprint density at radius 3 is 2.65 bits per heavy atom. The number of pyridine rings is 1. The van der Waals surface area contributed by atoms with E-state index in [1.807, 2.05) is 25.9 Å². The maximum Gasteiger partial charge on any atom is 0.259 e. The highest BCUT2D eigenvalue weighted by molar-refractivity contribution is 7.88. The minimum absolute atomic E-state index is 0.112. The fourth-order valence-electron chi connectivity index (χ4n) is 3.08. The maximum atomic E-state index is 13.3. The van der Waals surface area contributed by atoms with Crippen LogP contribution in [0, 0.1) is 17.8 Å². The lowest BCUT2D eigenvalue weighted by molar-refractivity contribution is 0.0373. The molecule has 3 atom stereocenters. The highest BCUT2D eigenvalue weighted by Gasteiger charge is 2.35. The van der Waals surface area contributed by atoms with Gasteiger partial charge in [0.25, 0.3) is 5.91 Å². The van der Waals surface area contributed by atoms with Crippen LogP contribution in [0.4, 0.5) is 0 Å². The second-order valence-electron chi connectivity index (χ2n) is 8.28. The van der Waals surface area contributed by atoms with Crippen LogP contribution in [0.15, 0.2) is 12.3 Å². The van der Waals surface area contributed by atoms with Gasteiger partial charge in [-0.25, -0.2) is 17.7 Å². The first-order chi connectivity index (χ1) is 14.4. The summed E-state index contributed by atoms with van der Waals surface area (Å²) in [5, 5.41) is 9.69. The van der Waals surface area contributed by atoms with Crippen LogP contribution in [0.1, 0.15) is 29.8 Å². The van der Waals surface area contributed by atoms with Crippen LogP contribution in [-0.2, 0) is 10.0 Å². The molecule has 0 radical (unpaired) electrons. The summed E-state index contributed by atoms with van der Waals surface area (Å²) in [6, 6.07) is 1.22.